The molecule has 0 aliphatic rings. The number of aryl methyl sites for hydroxylation is 1. The number of oxime groups is 1. The van der Waals surface area contributed by atoms with E-state index in [1.807, 2.05) is 32.0 Å². The van der Waals surface area contributed by atoms with E-state index in [1.54, 1.807) is 0 Å². The third kappa shape index (κ3) is 3.13. The number of rotatable bonds is 4. The van der Waals surface area contributed by atoms with Crippen molar-refractivity contribution in [3.8, 4) is 0 Å². The minimum atomic E-state index is -0.155. The molecule has 1 aromatic carbocycles. The number of nitrogens with two attached hydrogens (primary N) is 1. The van der Waals surface area contributed by atoms with Gasteiger partial charge in [0.2, 0.25) is 0 Å². The standard InChI is InChI=1S/C11H16BrN3O/c1-3-9(11(13)15-16)14-10-6-8(12)5-4-7(10)2/h4-6,9,14,16H,3H2,1-2H3,(H2,13,15). The first-order valence-electron chi connectivity index (χ1n) is 5.08. The van der Waals surface area contributed by atoms with E-state index in [1.165, 1.54) is 0 Å². The molecule has 0 fully saturated rings. The second-order valence-corrected chi connectivity index (χ2v) is 4.50. The number of halogens is 1. The third-order valence-electron chi connectivity index (χ3n) is 2.41. The molecule has 0 spiro atoms. The SMILES string of the molecule is CCC(Nc1cc(Br)ccc1C)C(N)=NO. The Hall–Kier alpha value is -1.23. The summed E-state index contributed by atoms with van der Waals surface area (Å²) in [7, 11) is 0. The summed E-state index contributed by atoms with van der Waals surface area (Å²) in [6.45, 7) is 3.98. The summed E-state index contributed by atoms with van der Waals surface area (Å²) in [5.41, 5.74) is 7.69. The van der Waals surface area contributed by atoms with Crippen molar-refractivity contribution in [1.82, 2.24) is 0 Å². The Morgan fingerprint density at radius 1 is 1.62 bits per heavy atom. The lowest BCUT2D eigenvalue weighted by atomic mass is 10.1. The van der Waals surface area contributed by atoms with E-state index in [0.717, 1.165) is 22.1 Å². The van der Waals surface area contributed by atoms with E-state index in [4.69, 9.17) is 10.9 Å². The van der Waals surface area contributed by atoms with Crippen LogP contribution in [0.25, 0.3) is 0 Å². The predicted molar refractivity (Wildman–Crippen MR) is 70.0 cm³/mol. The fraction of sp³-hybridized carbons (Fsp3) is 0.364. The molecule has 1 atom stereocenters. The highest BCUT2D eigenvalue weighted by Gasteiger charge is 2.12. The lowest BCUT2D eigenvalue weighted by Crippen LogP contribution is -2.35. The van der Waals surface area contributed by atoms with E-state index >= 15 is 0 Å². The van der Waals surface area contributed by atoms with Crippen LogP contribution in [0.15, 0.2) is 27.8 Å². The zero-order chi connectivity index (χ0) is 12.1. The summed E-state index contributed by atoms with van der Waals surface area (Å²) in [6.07, 6.45) is 0.752. The smallest absolute Gasteiger partial charge is 0.161 e. The molecule has 1 aromatic rings. The second-order valence-electron chi connectivity index (χ2n) is 3.59. The van der Waals surface area contributed by atoms with Crippen LogP contribution in [0.3, 0.4) is 0 Å². The van der Waals surface area contributed by atoms with Gasteiger partial charge in [0, 0.05) is 10.2 Å². The van der Waals surface area contributed by atoms with Crippen LogP contribution < -0.4 is 11.1 Å². The molecule has 0 saturated carbocycles. The summed E-state index contributed by atoms with van der Waals surface area (Å²) >= 11 is 3.41. The lowest BCUT2D eigenvalue weighted by molar-refractivity contribution is 0.316. The van der Waals surface area contributed by atoms with Crippen molar-refractivity contribution < 1.29 is 5.21 Å². The Labute approximate surface area is 104 Å². The van der Waals surface area contributed by atoms with Crippen molar-refractivity contribution >= 4 is 27.5 Å². The van der Waals surface area contributed by atoms with E-state index in [-0.39, 0.29) is 11.9 Å². The topological polar surface area (TPSA) is 70.6 Å². The molecule has 0 aliphatic carbocycles. The summed E-state index contributed by atoms with van der Waals surface area (Å²) in [4.78, 5) is 0. The molecule has 88 valence electrons. The van der Waals surface area contributed by atoms with Crippen LogP contribution in [0, 0.1) is 6.92 Å². The zero-order valence-corrected chi connectivity index (χ0v) is 11.0. The Kier molecular flexibility index (Phi) is 4.61. The molecule has 0 amide bonds. The first-order chi connectivity index (χ1) is 7.58. The minimum absolute atomic E-state index is 0.155. The maximum atomic E-state index is 8.65. The molecule has 0 aliphatic heterocycles. The molecule has 4 N–H and O–H groups in total. The minimum Gasteiger partial charge on any atom is -0.409 e. The number of nitrogens with zero attached hydrogens (tertiary/aromatic N) is 1. The summed E-state index contributed by atoms with van der Waals surface area (Å²) < 4.78 is 0.995. The third-order valence-corrected chi connectivity index (χ3v) is 2.90. The fourth-order valence-electron chi connectivity index (χ4n) is 1.39. The Morgan fingerprint density at radius 3 is 2.88 bits per heavy atom. The van der Waals surface area contributed by atoms with Crippen molar-refractivity contribution in [3.63, 3.8) is 0 Å². The van der Waals surface area contributed by atoms with Crippen molar-refractivity contribution in [2.75, 3.05) is 5.32 Å². The number of hydrogen-bond acceptors (Lipinski definition) is 3. The highest BCUT2D eigenvalue weighted by molar-refractivity contribution is 9.10. The summed E-state index contributed by atoms with van der Waals surface area (Å²) in [5, 5.41) is 14.9. The first kappa shape index (κ1) is 12.8. The van der Waals surface area contributed by atoms with Gasteiger partial charge in [-0.15, -0.1) is 0 Å². The molecule has 0 saturated heterocycles. The number of anilines is 1. The summed E-state index contributed by atoms with van der Waals surface area (Å²) in [5.74, 6) is 0.196. The molecule has 0 radical (unpaired) electrons. The molecule has 5 heteroatoms. The molecule has 16 heavy (non-hydrogen) atoms. The van der Waals surface area contributed by atoms with Gasteiger partial charge >= 0.3 is 0 Å². The van der Waals surface area contributed by atoms with Crippen LogP contribution in [0.5, 0.6) is 0 Å². The van der Waals surface area contributed by atoms with Gasteiger partial charge in [-0.2, -0.15) is 0 Å². The number of nitrogens with one attached hydrogen (secondary N) is 1. The van der Waals surface area contributed by atoms with Gasteiger partial charge in [-0.25, -0.2) is 0 Å². The average Bonchev–Trinajstić information content (AvgIpc) is 2.29. The fourth-order valence-corrected chi connectivity index (χ4v) is 1.75. The average molecular weight is 286 g/mol. The lowest BCUT2D eigenvalue weighted by Gasteiger charge is -2.18. The van der Waals surface area contributed by atoms with Crippen molar-refractivity contribution in [2.45, 2.75) is 26.3 Å². The number of amidine groups is 1. The van der Waals surface area contributed by atoms with Gasteiger partial charge in [0.05, 0.1) is 6.04 Å². The van der Waals surface area contributed by atoms with Crippen LogP contribution in [0.4, 0.5) is 5.69 Å². The molecule has 0 heterocycles. The molecule has 4 nitrogen and oxygen atoms in total. The number of hydrogen-bond donors (Lipinski definition) is 3. The van der Waals surface area contributed by atoms with Gasteiger partial charge in [0.1, 0.15) is 0 Å². The number of benzene rings is 1. The van der Waals surface area contributed by atoms with Crippen LogP contribution >= 0.6 is 15.9 Å². The maximum absolute atomic E-state index is 8.65. The normalized spacial score (nSPS) is 13.6. The van der Waals surface area contributed by atoms with Crippen LogP contribution in [0.2, 0.25) is 0 Å². The van der Waals surface area contributed by atoms with Gasteiger partial charge in [0.15, 0.2) is 5.84 Å². The van der Waals surface area contributed by atoms with Gasteiger partial charge in [-0.3, -0.25) is 0 Å². The predicted octanol–water partition coefficient (Wildman–Crippen LogP) is 2.69. The maximum Gasteiger partial charge on any atom is 0.161 e. The van der Waals surface area contributed by atoms with Crippen LogP contribution in [-0.2, 0) is 0 Å². The Balaban J connectivity index is 2.89. The van der Waals surface area contributed by atoms with E-state index in [0.29, 0.717) is 0 Å². The quantitative estimate of drug-likeness (QED) is 0.345. The molecular weight excluding hydrogens is 270 g/mol. The molecule has 0 aromatic heterocycles. The van der Waals surface area contributed by atoms with E-state index < -0.39 is 0 Å². The monoisotopic (exact) mass is 285 g/mol. The van der Waals surface area contributed by atoms with Gasteiger partial charge in [0.25, 0.3) is 0 Å². The Bertz CT molecular complexity index is 393. The van der Waals surface area contributed by atoms with Gasteiger partial charge < -0.3 is 16.3 Å². The molecular formula is C11H16BrN3O. The zero-order valence-electron chi connectivity index (χ0n) is 9.37. The Morgan fingerprint density at radius 2 is 2.31 bits per heavy atom. The summed E-state index contributed by atoms with van der Waals surface area (Å²) in [6, 6.07) is 5.80. The van der Waals surface area contributed by atoms with E-state index in [2.05, 4.69) is 26.4 Å². The van der Waals surface area contributed by atoms with Crippen molar-refractivity contribution in [3.05, 3.63) is 28.2 Å². The highest BCUT2D eigenvalue weighted by Crippen LogP contribution is 2.21. The van der Waals surface area contributed by atoms with Gasteiger partial charge in [-0.05, 0) is 31.0 Å². The van der Waals surface area contributed by atoms with Crippen LogP contribution in [-0.4, -0.2) is 17.1 Å². The first-order valence-corrected chi connectivity index (χ1v) is 5.88. The molecule has 1 rings (SSSR count). The highest BCUT2D eigenvalue weighted by atomic mass is 79.9. The van der Waals surface area contributed by atoms with E-state index in [9.17, 15) is 0 Å². The van der Waals surface area contributed by atoms with Crippen LogP contribution in [0.1, 0.15) is 18.9 Å². The van der Waals surface area contributed by atoms with Crippen molar-refractivity contribution in [1.29, 1.82) is 0 Å². The van der Waals surface area contributed by atoms with Gasteiger partial charge in [-0.1, -0.05) is 34.1 Å². The van der Waals surface area contributed by atoms with Crippen molar-refractivity contribution in [2.24, 2.45) is 10.9 Å². The molecule has 0 bridgehead atoms. The largest absolute Gasteiger partial charge is 0.409 e. The second kappa shape index (κ2) is 5.75. The molecule has 1 unspecified atom stereocenters.